The molecule has 7 heteroatoms. The number of para-hydroxylation sites is 1. The normalized spacial score (nSPS) is 19.2. The molecule has 3 N–H and O–H groups in total. The fourth-order valence-electron chi connectivity index (χ4n) is 3.81. The molecule has 2 aromatic rings. The van der Waals surface area contributed by atoms with E-state index >= 15 is 4.39 Å². The Labute approximate surface area is 180 Å². The number of benzene rings is 2. The topological polar surface area (TPSA) is 62.8 Å². The van der Waals surface area contributed by atoms with Gasteiger partial charge in [0.05, 0.1) is 18.0 Å². The van der Waals surface area contributed by atoms with Crippen LogP contribution in [-0.4, -0.2) is 18.3 Å². The number of hydrogen-bond acceptors (Lipinski definition) is 5. The third kappa shape index (κ3) is 4.04. The fourth-order valence-corrected chi connectivity index (χ4v) is 3.81. The Morgan fingerprint density at radius 3 is 2.77 bits per heavy atom. The summed E-state index contributed by atoms with van der Waals surface area (Å²) in [4.78, 5) is 0. The average molecular weight is 428 g/mol. The molecule has 4 rings (SSSR count). The smallest absolute Gasteiger partial charge is 0.201 e. The minimum absolute atomic E-state index is 0.0519. The summed E-state index contributed by atoms with van der Waals surface area (Å²) in [5.74, 6) is -1.72. The van der Waals surface area contributed by atoms with Crippen LogP contribution in [0.1, 0.15) is 38.8 Å². The van der Waals surface area contributed by atoms with Crippen molar-refractivity contribution in [2.24, 2.45) is 5.41 Å². The van der Waals surface area contributed by atoms with Crippen molar-refractivity contribution in [2.75, 3.05) is 23.8 Å². The number of phenols is 1. The first-order chi connectivity index (χ1) is 14.7. The first-order valence-corrected chi connectivity index (χ1v) is 10.1. The standard InChI is InChI=1S/C24H26F2N2O3/c1-13(2)11-30-18-9-8-14(19(25)20(18)26)21-23-16(10-24(3,4)12-31-23)28-22-15(27-21)6-5-7-17(22)29/h5-9,21,27-29H,1,10-12H2,2-4H3. The van der Waals surface area contributed by atoms with Gasteiger partial charge < -0.3 is 25.2 Å². The number of phenolic OH excluding ortho intramolecular Hbond substituents is 1. The summed E-state index contributed by atoms with van der Waals surface area (Å²) >= 11 is 0. The van der Waals surface area contributed by atoms with Gasteiger partial charge in [-0.15, -0.1) is 0 Å². The van der Waals surface area contributed by atoms with Crippen molar-refractivity contribution < 1.29 is 23.4 Å². The molecule has 0 aromatic heterocycles. The van der Waals surface area contributed by atoms with Gasteiger partial charge in [0.1, 0.15) is 29.8 Å². The number of rotatable bonds is 4. The van der Waals surface area contributed by atoms with E-state index in [1.165, 1.54) is 12.1 Å². The molecule has 0 spiro atoms. The maximum absolute atomic E-state index is 15.2. The molecule has 164 valence electrons. The van der Waals surface area contributed by atoms with E-state index in [0.717, 1.165) is 5.70 Å². The molecule has 1 unspecified atom stereocenters. The lowest BCUT2D eigenvalue weighted by molar-refractivity contribution is 0.0816. The molecule has 0 radical (unpaired) electrons. The van der Waals surface area contributed by atoms with Crippen molar-refractivity contribution in [1.82, 2.24) is 0 Å². The Balaban J connectivity index is 1.80. The molecular weight excluding hydrogens is 402 g/mol. The lowest BCUT2D eigenvalue weighted by atomic mass is 9.85. The zero-order valence-corrected chi connectivity index (χ0v) is 17.8. The molecule has 31 heavy (non-hydrogen) atoms. The van der Waals surface area contributed by atoms with Crippen molar-refractivity contribution >= 4 is 11.4 Å². The lowest BCUT2D eigenvalue weighted by Crippen LogP contribution is -2.30. The number of halogens is 2. The number of allylic oxidation sites excluding steroid dienone is 1. The van der Waals surface area contributed by atoms with E-state index < -0.39 is 17.7 Å². The summed E-state index contributed by atoms with van der Waals surface area (Å²) in [5, 5.41) is 16.8. The summed E-state index contributed by atoms with van der Waals surface area (Å²) in [6.45, 7) is 10.1. The minimum atomic E-state index is -1.06. The number of nitrogens with one attached hydrogen (secondary N) is 2. The number of ether oxygens (including phenoxy) is 2. The van der Waals surface area contributed by atoms with E-state index in [4.69, 9.17) is 9.47 Å². The van der Waals surface area contributed by atoms with Crippen LogP contribution in [0, 0.1) is 17.0 Å². The maximum atomic E-state index is 15.2. The molecule has 2 aromatic carbocycles. The predicted molar refractivity (Wildman–Crippen MR) is 116 cm³/mol. The average Bonchev–Trinajstić information content (AvgIpc) is 2.85. The molecule has 0 fully saturated rings. The van der Waals surface area contributed by atoms with Crippen molar-refractivity contribution in [2.45, 2.75) is 33.2 Å². The summed E-state index contributed by atoms with van der Waals surface area (Å²) in [7, 11) is 0. The maximum Gasteiger partial charge on any atom is 0.201 e. The Hall–Kier alpha value is -3.22. The minimum Gasteiger partial charge on any atom is -0.506 e. The van der Waals surface area contributed by atoms with Crippen molar-refractivity contribution in [1.29, 1.82) is 0 Å². The summed E-state index contributed by atoms with van der Waals surface area (Å²) in [6.07, 6.45) is 0.623. The van der Waals surface area contributed by atoms with Gasteiger partial charge in [0.2, 0.25) is 5.82 Å². The Bertz CT molecular complexity index is 1080. The lowest BCUT2D eigenvalue weighted by Gasteiger charge is -2.35. The van der Waals surface area contributed by atoms with E-state index in [1.54, 1.807) is 25.1 Å². The van der Waals surface area contributed by atoms with Crippen molar-refractivity contribution in [3.05, 3.63) is 71.1 Å². The molecule has 2 aliphatic heterocycles. The van der Waals surface area contributed by atoms with E-state index in [0.29, 0.717) is 35.7 Å². The van der Waals surface area contributed by atoms with E-state index in [1.807, 2.05) is 0 Å². The van der Waals surface area contributed by atoms with E-state index in [-0.39, 0.29) is 29.1 Å². The molecule has 0 amide bonds. The van der Waals surface area contributed by atoms with Crippen LogP contribution >= 0.6 is 0 Å². The van der Waals surface area contributed by atoms with E-state index in [2.05, 4.69) is 31.1 Å². The highest BCUT2D eigenvalue weighted by Gasteiger charge is 2.37. The van der Waals surface area contributed by atoms with Gasteiger partial charge >= 0.3 is 0 Å². The largest absolute Gasteiger partial charge is 0.506 e. The van der Waals surface area contributed by atoms with Gasteiger partial charge in [0.25, 0.3) is 0 Å². The van der Waals surface area contributed by atoms with Gasteiger partial charge in [-0.25, -0.2) is 4.39 Å². The summed E-state index contributed by atoms with van der Waals surface area (Å²) < 4.78 is 41.4. The van der Waals surface area contributed by atoms with Crippen LogP contribution in [0.5, 0.6) is 11.5 Å². The van der Waals surface area contributed by atoms with Crippen LogP contribution in [-0.2, 0) is 4.74 Å². The second kappa shape index (κ2) is 7.80. The highest BCUT2D eigenvalue weighted by Crippen LogP contribution is 2.46. The van der Waals surface area contributed by atoms with Crippen LogP contribution < -0.4 is 15.4 Å². The molecule has 5 nitrogen and oxygen atoms in total. The number of aromatic hydroxyl groups is 1. The highest BCUT2D eigenvalue weighted by molar-refractivity contribution is 5.79. The molecule has 0 saturated carbocycles. The van der Waals surface area contributed by atoms with Crippen LogP contribution in [0.25, 0.3) is 0 Å². The van der Waals surface area contributed by atoms with Crippen LogP contribution in [0.4, 0.5) is 20.2 Å². The third-order valence-electron chi connectivity index (χ3n) is 5.31. The first-order valence-electron chi connectivity index (χ1n) is 10.1. The van der Waals surface area contributed by atoms with Crippen molar-refractivity contribution in [3.63, 3.8) is 0 Å². The fraction of sp³-hybridized carbons (Fsp3) is 0.333. The van der Waals surface area contributed by atoms with Gasteiger partial charge in [-0.05, 0) is 43.2 Å². The summed E-state index contributed by atoms with van der Waals surface area (Å²) in [5.41, 5.74) is 2.38. The molecule has 0 bridgehead atoms. The monoisotopic (exact) mass is 428 g/mol. The molecule has 2 heterocycles. The third-order valence-corrected chi connectivity index (χ3v) is 5.31. The first kappa shape index (κ1) is 21.0. The zero-order valence-electron chi connectivity index (χ0n) is 17.8. The van der Waals surface area contributed by atoms with Gasteiger partial charge in [-0.1, -0.05) is 26.5 Å². The predicted octanol–water partition coefficient (Wildman–Crippen LogP) is 5.86. The zero-order chi connectivity index (χ0) is 22.3. The van der Waals surface area contributed by atoms with Gasteiger partial charge in [-0.3, -0.25) is 0 Å². The van der Waals surface area contributed by atoms with Crippen LogP contribution in [0.3, 0.4) is 0 Å². The summed E-state index contributed by atoms with van der Waals surface area (Å²) in [6, 6.07) is 7.12. The number of anilines is 2. The van der Waals surface area contributed by atoms with Crippen LogP contribution in [0.15, 0.2) is 53.9 Å². The Kier molecular flexibility index (Phi) is 5.29. The molecule has 0 aliphatic carbocycles. The SMILES string of the molecule is C=C(C)COc1ccc(C2Nc3cccc(O)c3NC3=C2OCC(C)(C)C3)c(F)c1F. The van der Waals surface area contributed by atoms with Gasteiger partial charge in [0.15, 0.2) is 11.6 Å². The number of fused-ring (bicyclic) bond motifs is 1. The Morgan fingerprint density at radius 2 is 2.03 bits per heavy atom. The molecule has 2 aliphatic rings. The highest BCUT2D eigenvalue weighted by atomic mass is 19.2. The van der Waals surface area contributed by atoms with Gasteiger partial charge in [0, 0.05) is 11.0 Å². The molecule has 1 atom stereocenters. The Morgan fingerprint density at radius 1 is 1.26 bits per heavy atom. The number of hydrogen-bond donors (Lipinski definition) is 3. The van der Waals surface area contributed by atoms with Crippen LogP contribution in [0.2, 0.25) is 0 Å². The molecule has 0 saturated heterocycles. The second-order valence-electron chi connectivity index (χ2n) is 8.90. The van der Waals surface area contributed by atoms with Gasteiger partial charge in [-0.2, -0.15) is 4.39 Å². The quantitative estimate of drug-likeness (QED) is 0.420. The van der Waals surface area contributed by atoms with Crippen molar-refractivity contribution in [3.8, 4) is 11.5 Å². The molecular formula is C24H26F2N2O3. The van der Waals surface area contributed by atoms with E-state index in [9.17, 15) is 9.50 Å². The second-order valence-corrected chi connectivity index (χ2v) is 8.90.